The Bertz CT molecular complexity index is 795. The summed E-state index contributed by atoms with van der Waals surface area (Å²) in [4.78, 5) is 44.3. The van der Waals surface area contributed by atoms with Gasteiger partial charge < -0.3 is 14.7 Å². The third kappa shape index (κ3) is 4.23. The molecule has 30 heavy (non-hydrogen) atoms. The van der Waals surface area contributed by atoms with Gasteiger partial charge in [0, 0.05) is 45.2 Å². The van der Waals surface area contributed by atoms with E-state index in [1.807, 2.05) is 58.9 Å². The summed E-state index contributed by atoms with van der Waals surface area (Å²) in [7, 11) is 0. The van der Waals surface area contributed by atoms with E-state index in [4.69, 9.17) is 0 Å². The van der Waals surface area contributed by atoms with Gasteiger partial charge in [-0.1, -0.05) is 30.3 Å². The van der Waals surface area contributed by atoms with Crippen molar-refractivity contribution in [3.8, 4) is 0 Å². The van der Waals surface area contributed by atoms with Crippen LogP contribution in [0.25, 0.3) is 0 Å². The average Bonchev–Trinajstić information content (AvgIpc) is 3.64. The number of carbonyl (C=O) groups is 3. The van der Waals surface area contributed by atoms with Crippen molar-refractivity contribution in [1.29, 1.82) is 0 Å². The van der Waals surface area contributed by atoms with Crippen LogP contribution in [0.3, 0.4) is 0 Å². The summed E-state index contributed by atoms with van der Waals surface area (Å²) >= 11 is 0. The zero-order chi connectivity index (χ0) is 21.3. The predicted molar refractivity (Wildman–Crippen MR) is 115 cm³/mol. The van der Waals surface area contributed by atoms with Crippen molar-refractivity contribution in [1.82, 2.24) is 14.7 Å². The number of hydrogen-bond acceptors (Lipinski definition) is 3. The monoisotopic (exact) mass is 411 g/mol. The van der Waals surface area contributed by atoms with Crippen LogP contribution < -0.4 is 0 Å². The lowest BCUT2D eigenvalue weighted by Gasteiger charge is -2.41. The first-order valence-corrected chi connectivity index (χ1v) is 11.3. The first-order chi connectivity index (χ1) is 14.4. The molecule has 1 aromatic carbocycles. The molecule has 4 rings (SSSR count). The molecule has 2 heterocycles. The largest absolute Gasteiger partial charge is 0.342 e. The number of hydrogen-bond donors (Lipinski definition) is 0. The van der Waals surface area contributed by atoms with Crippen LogP contribution >= 0.6 is 0 Å². The fraction of sp³-hybridized carbons (Fsp3) is 0.625. The molecule has 1 aliphatic carbocycles. The van der Waals surface area contributed by atoms with Crippen LogP contribution in [0.5, 0.6) is 0 Å². The number of piperazine rings is 1. The van der Waals surface area contributed by atoms with E-state index in [1.54, 1.807) is 0 Å². The number of nitrogens with zero attached hydrogens (tertiary/aromatic N) is 3. The molecule has 1 aromatic rings. The molecule has 0 N–H and O–H groups in total. The molecule has 0 spiro atoms. The lowest BCUT2D eigenvalue weighted by Crippen LogP contribution is -2.56. The molecule has 162 valence electrons. The normalized spacial score (nSPS) is 22.7. The second-order valence-electron chi connectivity index (χ2n) is 9.51. The topological polar surface area (TPSA) is 60.9 Å². The van der Waals surface area contributed by atoms with Crippen LogP contribution in [-0.4, -0.2) is 71.7 Å². The summed E-state index contributed by atoms with van der Waals surface area (Å²) in [5, 5.41) is 0. The van der Waals surface area contributed by atoms with Crippen LogP contribution in [0.4, 0.5) is 0 Å². The maximum absolute atomic E-state index is 13.2. The molecule has 1 unspecified atom stereocenters. The minimum absolute atomic E-state index is 0.0931. The number of rotatable bonds is 4. The van der Waals surface area contributed by atoms with Crippen molar-refractivity contribution in [3.63, 3.8) is 0 Å². The Morgan fingerprint density at radius 3 is 2.00 bits per heavy atom. The van der Waals surface area contributed by atoms with Crippen LogP contribution in [0.2, 0.25) is 0 Å². The highest BCUT2D eigenvalue weighted by Gasteiger charge is 2.39. The van der Waals surface area contributed by atoms with E-state index in [9.17, 15) is 14.4 Å². The van der Waals surface area contributed by atoms with Crippen LogP contribution in [-0.2, 0) is 19.8 Å². The molecule has 0 aromatic heterocycles. The van der Waals surface area contributed by atoms with Gasteiger partial charge in [0.25, 0.3) is 0 Å². The van der Waals surface area contributed by atoms with Gasteiger partial charge in [0.1, 0.15) is 0 Å². The summed E-state index contributed by atoms with van der Waals surface area (Å²) < 4.78 is 0. The number of amides is 3. The highest BCUT2D eigenvalue weighted by Crippen LogP contribution is 2.33. The van der Waals surface area contributed by atoms with Crippen molar-refractivity contribution < 1.29 is 14.4 Å². The van der Waals surface area contributed by atoms with Crippen molar-refractivity contribution in [2.45, 2.75) is 44.9 Å². The van der Waals surface area contributed by atoms with E-state index >= 15 is 0 Å². The molecule has 3 aliphatic rings. The lowest BCUT2D eigenvalue weighted by atomic mass is 9.83. The van der Waals surface area contributed by atoms with E-state index in [0.717, 1.165) is 37.8 Å². The van der Waals surface area contributed by atoms with Gasteiger partial charge in [0.2, 0.25) is 17.7 Å². The second-order valence-corrected chi connectivity index (χ2v) is 9.51. The quantitative estimate of drug-likeness (QED) is 0.764. The molecule has 1 atom stereocenters. The average molecular weight is 412 g/mol. The Balaban J connectivity index is 1.32. The van der Waals surface area contributed by atoms with Crippen LogP contribution in [0.1, 0.15) is 45.1 Å². The van der Waals surface area contributed by atoms with Gasteiger partial charge in [-0.2, -0.15) is 0 Å². The first-order valence-electron chi connectivity index (χ1n) is 11.3. The zero-order valence-corrected chi connectivity index (χ0v) is 18.2. The summed E-state index contributed by atoms with van der Waals surface area (Å²) in [6.07, 6.45) is 3.76. The number of likely N-dealkylation sites (tertiary alicyclic amines) is 1. The minimum atomic E-state index is -0.583. The van der Waals surface area contributed by atoms with Crippen molar-refractivity contribution in [2.24, 2.45) is 11.8 Å². The molecule has 3 amide bonds. The number of piperidine rings is 1. The molecule has 2 saturated heterocycles. The molecule has 3 fully saturated rings. The molecular formula is C24H33N3O3. The van der Waals surface area contributed by atoms with Gasteiger partial charge in [0.15, 0.2) is 0 Å². The van der Waals surface area contributed by atoms with Gasteiger partial charge >= 0.3 is 0 Å². The van der Waals surface area contributed by atoms with Gasteiger partial charge in [-0.3, -0.25) is 14.4 Å². The second kappa shape index (κ2) is 8.40. The summed E-state index contributed by atoms with van der Waals surface area (Å²) in [6, 6.07) is 9.87. The fourth-order valence-electron chi connectivity index (χ4n) is 4.73. The number of carbonyl (C=O) groups excluding carboxylic acids is 3. The summed E-state index contributed by atoms with van der Waals surface area (Å²) in [6.45, 7) is 7.57. The Labute approximate surface area is 179 Å². The molecule has 2 aliphatic heterocycles. The van der Waals surface area contributed by atoms with E-state index in [-0.39, 0.29) is 29.6 Å². The van der Waals surface area contributed by atoms with Gasteiger partial charge in [-0.25, -0.2) is 0 Å². The Hall–Kier alpha value is -2.37. The van der Waals surface area contributed by atoms with Crippen LogP contribution in [0.15, 0.2) is 30.3 Å². The fourth-order valence-corrected chi connectivity index (χ4v) is 4.73. The van der Waals surface area contributed by atoms with E-state index in [2.05, 4.69) is 0 Å². The smallest absolute Gasteiger partial charge is 0.232 e. The standard InChI is InChI=1S/C24H33N3O3/c1-24(2,20-8-4-3-5-9-20)23(30)26-15-13-25(14-16-26)22(29)19-7-6-12-27(17-19)21(28)18-10-11-18/h3-5,8-9,18-19H,6-7,10-17H2,1-2H3. The third-order valence-corrected chi connectivity index (χ3v) is 6.92. The minimum Gasteiger partial charge on any atom is -0.342 e. The van der Waals surface area contributed by atoms with Gasteiger partial charge in [-0.05, 0) is 45.1 Å². The van der Waals surface area contributed by atoms with Crippen molar-refractivity contribution in [3.05, 3.63) is 35.9 Å². The van der Waals surface area contributed by atoms with E-state index < -0.39 is 5.41 Å². The predicted octanol–water partition coefficient (Wildman–Crippen LogP) is 2.28. The molecule has 6 nitrogen and oxygen atoms in total. The third-order valence-electron chi connectivity index (χ3n) is 6.92. The molecular weight excluding hydrogens is 378 g/mol. The van der Waals surface area contributed by atoms with Gasteiger partial charge in [-0.15, -0.1) is 0 Å². The zero-order valence-electron chi connectivity index (χ0n) is 18.2. The Kier molecular flexibility index (Phi) is 5.85. The van der Waals surface area contributed by atoms with Crippen LogP contribution in [0, 0.1) is 11.8 Å². The highest BCUT2D eigenvalue weighted by molar-refractivity contribution is 5.88. The molecule has 0 radical (unpaired) electrons. The lowest BCUT2D eigenvalue weighted by molar-refractivity contribution is -0.147. The Morgan fingerprint density at radius 1 is 0.767 bits per heavy atom. The maximum Gasteiger partial charge on any atom is 0.232 e. The highest BCUT2D eigenvalue weighted by atomic mass is 16.2. The number of benzene rings is 1. The van der Waals surface area contributed by atoms with E-state index in [0.29, 0.717) is 32.7 Å². The van der Waals surface area contributed by atoms with Crippen molar-refractivity contribution >= 4 is 17.7 Å². The van der Waals surface area contributed by atoms with Gasteiger partial charge in [0.05, 0.1) is 11.3 Å². The molecule has 1 saturated carbocycles. The maximum atomic E-state index is 13.2. The first kappa shape index (κ1) is 20.9. The SMILES string of the molecule is CC(C)(C(=O)N1CCN(C(=O)C2CCCN(C(=O)C3CC3)C2)CC1)c1ccccc1. The van der Waals surface area contributed by atoms with Crippen molar-refractivity contribution in [2.75, 3.05) is 39.3 Å². The van der Waals surface area contributed by atoms with E-state index in [1.165, 1.54) is 0 Å². The molecule has 6 heteroatoms. The summed E-state index contributed by atoms with van der Waals surface area (Å²) in [5.41, 5.74) is 0.427. The summed E-state index contributed by atoms with van der Waals surface area (Å²) in [5.74, 6) is 0.620. The molecule has 0 bridgehead atoms. The Morgan fingerprint density at radius 2 is 1.37 bits per heavy atom.